The average molecular weight is 257 g/mol. The first-order valence-corrected chi connectivity index (χ1v) is 11.5. The lowest BCUT2D eigenvalue weighted by Crippen LogP contribution is -2.24. The first kappa shape index (κ1) is 17.2. The summed E-state index contributed by atoms with van der Waals surface area (Å²) in [6.07, 6.45) is 14.6. The number of rotatable bonds is 12. The van der Waals surface area contributed by atoms with Crippen molar-refractivity contribution in [1.82, 2.24) is 0 Å². The molecule has 0 radical (unpaired) electrons. The molecule has 0 saturated carbocycles. The summed E-state index contributed by atoms with van der Waals surface area (Å²) >= 11 is 0. The van der Waals surface area contributed by atoms with Crippen LogP contribution in [-0.4, -0.2) is 8.07 Å². The molecular formula is C16H36Si. The van der Waals surface area contributed by atoms with Crippen molar-refractivity contribution in [3.8, 4) is 0 Å². The average Bonchev–Trinajstić information content (AvgIpc) is 2.30. The van der Waals surface area contributed by atoms with Crippen molar-refractivity contribution in [2.24, 2.45) is 0 Å². The molecule has 0 amide bonds. The summed E-state index contributed by atoms with van der Waals surface area (Å²) in [5, 5.41) is 0. The molecule has 0 saturated heterocycles. The SMILES string of the molecule is CCCCCCCCCC[Si](C)(C)CCCC. The minimum absolute atomic E-state index is 0.805. The van der Waals surface area contributed by atoms with Gasteiger partial charge in [-0.2, -0.15) is 0 Å². The summed E-state index contributed by atoms with van der Waals surface area (Å²) in [6, 6.07) is 3.13. The third kappa shape index (κ3) is 12.5. The van der Waals surface area contributed by atoms with Gasteiger partial charge in [-0.05, 0) is 0 Å². The van der Waals surface area contributed by atoms with Crippen LogP contribution in [0.3, 0.4) is 0 Å². The molecule has 0 aliphatic rings. The molecule has 17 heavy (non-hydrogen) atoms. The molecule has 0 spiro atoms. The highest BCUT2D eigenvalue weighted by Crippen LogP contribution is 2.22. The van der Waals surface area contributed by atoms with Gasteiger partial charge in [-0.15, -0.1) is 0 Å². The van der Waals surface area contributed by atoms with Gasteiger partial charge in [0.05, 0.1) is 0 Å². The summed E-state index contributed by atoms with van der Waals surface area (Å²) in [4.78, 5) is 0. The van der Waals surface area contributed by atoms with Gasteiger partial charge in [0.2, 0.25) is 0 Å². The second-order valence-corrected chi connectivity index (χ2v) is 11.8. The zero-order chi connectivity index (χ0) is 13.0. The molecule has 0 heterocycles. The summed E-state index contributed by atoms with van der Waals surface area (Å²) in [7, 11) is -0.805. The zero-order valence-corrected chi connectivity index (χ0v) is 14.0. The highest BCUT2D eigenvalue weighted by molar-refractivity contribution is 6.77. The highest BCUT2D eigenvalue weighted by Gasteiger charge is 2.18. The van der Waals surface area contributed by atoms with Gasteiger partial charge in [0.25, 0.3) is 0 Å². The van der Waals surface area contributed by atoms with Gasteiger partial charge in [-0.25, -0.2) is 0 Å². The Hall–Kier alpha value is 0.217. The second kappa shape index (κ2) is 11.3. The van der Waals surface area contributed by atoms with E-state index >= 15 is 0 Å². The Morgan fingerprint density at radius 1 is 0.529 bits per heavy atom. The predicted octanol–water partition coefficient (Wildman–Crippen LogP) is 6.64. The Labute approximate surface area is 112 Å². The van der Waals surface area contributed by atoms with Gasteiger partial charge in [0, 0.05) is 8.07 Å². The highest BCUT2D eigenvalue weighted by atomic mass is 28.3. The molecule has 0 bridgehead atoms. The van der Waals surface area contributed by atoms with Crippen LogP contribution in [0.15, 0.2) is 0 Å². The van der Waals surface area contributed by atoms with Gasteiger partial charge in [-0.1, -0.05) is 103 Å². The monoisotopic (exact) mass is 256 g/mol. The molecule has 0 N–H and O–H groups in total. The Bertz CT molecular complexity index is 152. The van der Waals surface area contributed by atoms with Gasteiger partial charge in [-0.3, -0.25) is 0 Å². The van der Waals surface area contributed by atoms with E-state index in [0.29, 0.717) is 0 Å². The van der Waals surface area contributed by atoms with E-state index in [0.717, 1.165) is 0 Å². The maximum Gasteiger partial charge on any atom is 0.0473 e. The molecule has 0 aromatic rings. The van der Waals surface area contributed by atoms with Crippen molar-refractivity contribution in [3.63, 3.8) is 0 Å². The first-order chi connectivity index (χ1) is 8.12. The van der Waals surface area contributed by atoms with Crippen LogP contribution in [0.5, 0.6) is 0 Å². The minimum atomic E-state index is -0.805. The zero-order valence-electron chi connectivity index (χ0n) is 13.0. The summed E-state index contributed by atoms with van der Waals surface area (Å²) in [5.74, 6) is 0. The van der Waals surface area contributed by atoms with Gasteiger partial charge in [0.1, 0.15) is 0 Å². The van der Waals surface area contributed by atoms with Crippen molar-refractivity contribution < 1.29 is 0 Å². The Kier molecular flexibility index (Phi) is 11.5. The van der Waals surface area contributed by atoms with Crippen LogP contribution >= 0.6 is 0 Å². The molecule has 0 aliphatic heterocycles. The summed E-state index contributed by atoms with van der Waals surface area (Å²) < 4.78 is 0. The molecule has 0 atom stereocenters. The fourth-order valence-electron chi connectivity index (χ4n) is 2.52. The van der Waals surface area contributed by atoms with Crippen molar-refractivity contribution in [2.45, 2.75) is 103 Å². The van der Waals surface area contributed by atoms with Gasteiger partial charge in [0.15, 0.2) is 0 Å². The van der Waals surface area contributed by atoms with Gasteiger partial charge >= 0.3 is 0 Å². The van der Waals surface area contributed by atoms with E-state index in [1.807, 2.05) is 0 Å². The normalized spacial score (nSPS) is 12.0. The van der Waals surface area contributed by atoms with Gasteiger partial charge < -0.3 is 0 Å². The van der Waals surface area contributed by atoms with Crippen LogP contribution in [0.4, 0.5) is 0 Å². The van der Waals surface area contributed by atoms with E-state index in [2.05, 4.69) is 26.9 Å². The van der Waals surface area contributed by atoms with Crippen LogP contribution in [0.25, 0.3) is 0 Å². The predicted molar refractivity (Wildman–Crippen MR) is 84.6 cm³/mol. The summed E-state index contributed by atoms with van der Waals surface area (Å²) in [6.45, 7) is 9.79. The third-order valence-electron chi connectivity index (χ3n) is 3.91. The molecule has 0 nitrogen and oxygen atoms in total. The summed E-state index contributed by atoms with van der Waals surface area (Å²) in [5.41, 5.74) is 0. The minimum Gasteiger partial charge on any atom is -0.0693 e. The number of hydrogen-bond donors (Lipinski definition) is 0. The lowest BCUT2D eigenvalue weighted by atomic mass is 10.1. The second-order valence-electron chi connectivity index (χ2n) is 6.49. The van der Waals surface area contributed by atoms with Crippen molar-refractivity contribution in [1.29, 1.82) is 0 Å². The van der Waals surface area contributed by atoms with Crippen LogP contribution < -0.4 is 0 Å². The van der Waals surface area contributed by atoms with E-state index in [4.69, 9.17) is 0 Å². The first-order valence-electron chi connectivity index (χ1n) is 8.12. The fourth-order valence-corrected chi connectivity index (χ4v) is 5.29. The van der Waals surface area contributed by atoms with Crippen LogP contribution in [-0.2, 0) is 0 Å². The molecule has 0 aliphatic carbocycles. The molecule has 0 unspecified atom stereocenters. The van der Waals surface area contributed by atoms with Crippen molar-refractivity contribution >= 4 is 8.07 Å². The van der Waals surface area contributed by atoms with Crippen LogP contribution in [0.2, 0.25) is 25.2 Å². The fraction of sp³-hybridized carbons (Fsp3) is 1.00. The number of unbranched alkanes of at least 4 members (excludes halogenated alkanes) is 8. The molecule has 0 fully saturated rings. The van der Waals surface area contributed by atoms with Crippen molar-refractivity contribution in [3.05, 3.63) is 0 Å². The molecule has 104 valence electrons. The Balaban J connectivity index is 3.26. The Morgan fingerprint density at radius 2 is 0.941 bits per heavy atom. The van der Waals surface area contributed by atoms with E-state index in [9.17, 15) is 0 Å². The van der Waals surface area contributed by atoms with E-state index in [1.165, 1.54) is 64.2 Å². The van der Waals surface area contributed by atoms with Crippen molar-refractivity contribution in [2.75, 3.05) is 0 Å². The smallest absolute Gasteiger partial charge is 0.0473 e. The van der Waals surface area contributed by atoms with E-state index in [-0.39, 0.29) is 0 Å². The third-order valence-corrected chi connectivity index (χ3v) is 7.33. The van der Waals surface area contributed by atoms with E-state index in [1.54, 1.807) is 12.1 Å². The maximum atomic E-state index is 2.59. The van der Waals surface area contributed by atoms with Crippen LogP contribution in [0.1, 0.15) is 78.1 Å². The lowest BCUT2D eigenvalue weighted by molar-refractivity contribution is 0.583. The quantitative estimate of drug-likeness (QED) is 0.271. The maximum absolute atomic E-state index is 2.59. The molecule has 1 heteroatoms. The van der Waals surface area contributed by atoms with Crippen LogP contribution in [0, 0.1) is 0 Å². The van der Waals surface area contributed by atoms with E-state index < -0.39 is 8.07 Å². The number of hydrogen-bond acceptors (Lipinski definition) is 0. The topological polar surface area (TPSA) is 0 Å². The standard InChI is InChI=1S/C16H36Si/c1-5-7-9-10-11-12-13-14-16-17(3,4)15-8-6-2/h5-16H2,1-4H3. The molecular weight excluding hydrogens is 220 g/mol. The largest absolute Gasteiger partial charge is 0.0693 e. The molecule has 0 aromatic heterocycles. The molecule has 0 rings (SSSR count). The lowest BCUT2D eigenvalue weighted by Gasteiger charge is -2.21. The molecule has 0 aromatic carbocycles. The Morgan fingerprint density at radius 3 is 1.47 bits per heavy atom.